The monoisotopic (exact) mass is 614 g/mol. The van der Waals surface area contributed by atoms with Gasteiger partial charge in [0.25, 0.3) is 5.91 Å². The van der Waals surface area contributed by atoms with Crippen molar-refractivity contribution in [1.82, 2.24) is 10.0 Å². The van der Waals surface area contributed by atoms with Crippen molar-refractivity contribution in [2.45, 2.75) is 50.6 Å². The lowest BCUT2D eigenvalue weighted by atomic mass is 10.1. The van der Waals surface area contributed by atoms with Crippen LogP contribution < -0.4 is 14.8 Å². The lowest BCUT2D eigenvalue weighted by Crippen LogP contribution is -2.46. The highest BCUT2D eigenvalue weighted by molar-refractivity contribution is 7.89. The molecule has 230 valence electrons. The first-order valence-corrected chi connectivity index (χ1v) is 15.8. The first-order chi connectivity index (χ1) is 21.1. The molecule has 2 N–H and O–H groups in total. The zero-order valence-corrected chi connectivity index (χ0v) is 26.2. The first kappa shape index (κ1) is 32.4. The molecule has 0 aliphatic heterocycles. The van der Waals surface area contributed by atoms with Crippen molar-refractivity contribution >= 4 is 21.9 Å². The number of methoxy groups -OCH3 is 1. The third-order valence-electron chi connectivity index (χ3n) is 7.45. The minimum atomic E-state index is -4.03. The fraction of sp³-hybridized carbons (Fsp3) is 0.257. The first-order valence-electron chi connectivity index (χ1n) is 14.4. The van der Waals surface area contributed by atoms with Crippen LogP contribution >= 0.6 is 0 Å². The molecular formula is C35H38N2O6S. The number of carbonyl (C=O) groups is 2. The van der Waals surface area contributed by atoms with Crippen LogP contribution in [0.1, 0.15) is 38.2 Å². The number of carbonyl (C=O) groups excluding carboxylic acids is 2. The van der Waals surface area contributed by atoms with E-state index in [1.165, 1.54) is 0 Å². The van der Waals surface area contributed by atoms with Crippen molar-refractivity contribution < 1.29 is 27.5 Å². The summed E-state index contributed by atoms with van der Waals surface area (Å²) in [5.74, 6) is -0.468. The number of benzene rings is 4. The molecule has 4 rings (SSSR count). The smallest absolute Gasteiger partial charge is 0.329 e. The van der Waals surface area contributed by atoms with E-state index in [2.05, 4.69) is 10.0 Å². The van der Waals surface area contributed by atoms with Crippen LogP contribution in [0.3, 0.4) is 0 Å². The van der Waals surface area contributed by atoms with Crippen LogP contribution in [-0.4, -0.2) is 46.1 Å². The number of ether oxygens (including phenoxy) is 2. The molecule has 9 heteroatoms. The van der Waals surface area contributed by atoms with Gasteiger partial charge in [-0.2, -0.15) is 0 Å². The van der Waals surface area contributed by atoms with E-state index in [1.54, 1.807) is 57.4 Å². The van der Waals surface area contributed by atoms with Crippen molar-refractivity contribution in [3.8, 4) is 5.75 Å². The van der Waals surface area contributed by atoms with Crippen LogP contribution in [0.2, 0.25) is 0 Å². The molecule has 0 saturated heterocycles. The Morgan fingerprint density at radius 1 is 0.773 bits per heavy atom. The zero-order valence-electron chi connectivity index (χ0n) is 25.4. The standard InChI is InChI=1S/C35H38N2O6S/c1-24-20-32(42-4)25(2)26(3)33(24)44(40,41)37-30(21-27-14-8-5-9-15-27)23-43-35(39)31(22-28-16-10-6-11-17-28)36-34(38)29-18-12-7-13-19-29/h5-20,30-31,37H,21-23H2,1-4H3,(H,36,38)/t30-,31-/m0/s1. The summed E-state index contributed by atoms with van der Waals surface area (Å²) in [6.07, 6.45) is 0.483. The molecule has 1 amide bonds. The van der Waals surface area contributed by atoms with Crippen molar-refractivity contribution in [2.24, 2.45) is 0 Å². The maximum Gasteiger partial charge on any atom is 0.329 e. The Bertz CT molecular complexity index is 1680. The van der Waals surface area contributed by atoms with Crippen molar-refractivity contribution in [3.63, 3.8) is 0 Å². The average molecular weight is 615 g/mol. The summed E-state index contributed by atoms with van der Waals surface area (Å²) < 4.78 is 41.5. The van der Waals surface area contributed by atoms with Crippen molar-refractivity contribution in [3.05, 3.63) is 130 Å². The van der Waals surface area contributed by atoms with E-state index in [-0.39, 0.29) is 24.3 Å². The minimum absolute atomic E-state index is 0.164. The second-order valence-corrected chi connectivity index (χ2v) is 12.3. The van der Waals surface area contributed by atoms with E-state index in [0.717, 1.165) is 16.7 Å². The minimum Gasteiger partial charge on any atom is -0.496 e. The van der Waals surface area contributed by atoms with Crippen LogP contribution in [0.5, 0.6) is 5.75 Å². The molecule has 0 spiro atoms. The topological polar surface area (TPSA) is 111 Å². The van der Waals surface area contributed by atoms with E-state index >= 15 is 0 Å². The summed E-state index contributed by atoms with van der Waals surface area (Å²) in [4.78, 5) is 26.7. The summed E-state index contributed by atoms with van der Waals surface area (Å²) in [6, 6.07) is 27.2. The van der Waals surface area contributed by atoms with Gasteiger partial charge >= 0.3 is 5.97 Å². The summed E-state index contributed by atoms with van der Waals surface area (Å²) in [5.41, 5.74) is 3.96. The summed E-state index contributed by atoms with van der Waals surface area (Å²) in [6.45, 7) is 5.04. The summed E-state index contributed by atoms with van der Waals surface area (Å²) in [7, 11) is -2.48. The fourth-order valence-corrected chi connectivity index (χ4v) is 6.86. The Morgan fingerprint density at radius 3 is 1.89 bits per heavy atom. The molecule has 0 fully saturated rings. The number of hydrogen-bond acceptors (Lipinski definition) is 6. The number of aryl methyl sites for hydroxylation is 1. The molecular weight excluding hydrogens is 576 g/mol. The van der Waals surface area contributed by atoms with E-state index in [1.807, 2.05) is 67.6 Å². The van der Waals surface area contributed by atoms with Gasteiger partial charge < -0.3 is 14.8 Å². The van der Waals surface area contributed by atoms with Gasteiger partial charge in [-0.15, -0.1) is 0 Å². The van der Waals surface area contributed by atoms with Crippen LogP contribution in [0, 0.1) is 20.8 Å². The van der Waals surface area contributed by atoms with Gasteiger partial charge in [-0.3, -0.25) is 4.79 Å². The fourth-order valence-electron chi connectivity index (χ4n) is 5.12. The van der Waals surface area contributed by atoms with Gasteiger partial charge in [0, 0.05) is 12.0 Å². The molecule has 0 unspecified atom stereocenters. The van der Waals surface area contributed by atoms with Crippen molar-refractivity contribution in [1.29, 1.82) is 0 Å². The maximum absolute atomic E-state index is 13.8. The van der Waals surface area contributed by atoms with Gasteiger partial charge in [0.1, 0.15) is 18.4 Å². The highest BCUT2D eigenvalue weighted by Gasteiger charge is 2.29. The lowest BCUT2D eigenvalue weighted by molar-refractivity contribution is -0.146. The maximum atomic E-state index is 13.8. The molecule has 0 aliphatic rings. The van der Waals surface area contributed by atoms with Gasteiger partial charge in [0.15, 0.2) is 0 Å². The van der Waals surface area contributed by atoms with E-state index in [4.69, 9.17) is 9.47 Å². The molecule has 0 aromatic heterocycles. The predicted octanol–water partition coefficient (Wildman–Crippen LogP) is 5.09. The molecule has 0 aliphatic carbocycles. The number of sulfonamides is 1. The van der Waals surface area contributed by atoms with Gasteiger partial charge in [-0.1, -0.05) is 78.9 Å². The van der Waals surface area contributed by atoms with Gasteiger partial charge in [-0.25, -0.2) is 17.9 Å². The Kier molecular flexibility index (Phi) is 10.9. The predicted molar refractivity (Wildman–Crippen MR) is 170 cm³/mol. The van der Waals surface area contributed by atoms with Gasteiger partial charge in [0.2, 0.25) is 10.0 Å². The van der Waals surface area contributed by atoms with Crippen LogP contribution in [0.25, 0.3) is 0 Å². The largest absolute Gasteiger partial charge is 0.496 e. The Balaban J connectivity index is 1.58. The van der Waals surface area contributed by atoms with Crippen LogP contribution in [0.4, 0.5) is 0 Å². The van der Waals surface area contributed by atoms with Crippen molar-refractivity contribution in [2.75, 3.05) is 13.7 Å². The molecule has 4 aromatic rings. The molecule has 0 bridgehead atoms. The molecule has 0 radical (unpaired) electrons. The van der Waals surface area contributed by atoms with Gasteiger partial charge in [-0.05, 0) is 73.2 Å². The quantitative estimate of drug-likeness (QED) is 0.203. The summed E-state index contributed by atoms with van der Waals surface area (Å²) in [5, 5.41) is 2.80. The Labute approximate surface area is 259 Å². The molecule has 4 aromatic carbocycles. The lowest BCUT2D eigenvalue weighted by Gasteiger charge is -2.23. The molecule has 0 saturated carbocycles. The van der Waals surface area contributed by atoms with Gasteiger partial charge in [0.05, 0.1) is 18.0 Å². The Hall–Kier alpha value is -4.47. The van der Waals surface area contributed by atoms with Crippen LogP contribution in [-0.2, 0) is 32.4 Å². The van der Waals surface area contributed by atoms with E-state index < -0.39 is 34.0 Å². The summed E-state index contributed by atoms with van der Waals surface area (Å²) >= 11 is 0. The average Bonchev–Trinajstić information content (AvgIpc) is 3.02. The van der Waals surface area contributed by atoms with E-state index in [0.29, 0.717) is 22.4 Å². The highest BCUT2D eigenvalue weighted by atomic mass is 32.2. The molecule has 0 heterocycles. The van der Waals surface area contributed by atoms with Crippen LogP contribution in [0.15, 0.2) is 102 Å². The normalized spacial score (nSPS) is 12.6. The molecule has 44 heavy (non-hydrogen) atoms. The SMILES string of the molecule is COc1cc(C)c(S(=O)(=O)N[C@H](COC(=O)[C@H](Cc2ccccc2)NC(=O)c2ccccc2)Cc2ccccc2)c(C)c1C. The molecule has 8 nitrogen and oxygen atoms in total. The van der Waals surface area contributed by atoms with E-state index in [9.17, 15) is 18.0 Å². The number of hydrogen-bond donors (Lipinski definition) is 2. The Morgan fingerprint density at radius 2 is 1.32 bits per heavy atom. The zero-order chi connectivity index (χ0) is 31.7. The highest BCUT2D eigenvalue weighted by Crippen LogP contribution is 2.30. The molecule has 2 atom stereocenters. The number of rotatable bonds is 13. The number of nitrogens with one attached hydrogen (secondary N) is 2. The third kappa shape index (κ3) is 8.33. The number of esters is 1. The number of amides is 1. The second kappa shape index (κ2) is 14.8. The third-order valence-corrected chi connectivity index (χ3v) is 9.26. The second-order valence-electron chi connectivity index (χ2n) is 10.7.